The van der Waals surface area contributed by atoms with Gasteiger partial charge in [0.25, 0.3) is 0 Å². The van der Waals surface area contributed by atoms with Crippen molar-refractivity contribution in [3.05, 3.63) is 82.4 Å². The van der Waals surface area contributed by atoms with E-state index in [2.05, 4.69) is 75.4 Å². The van der Waals surface area contributed by atoms with Crippen LogP contribution < -0.4 is 0 Å². The molecule has 3 aromatic carbocycles. The molecule has 21 heavy (non-hydrogen) atoms. The van der Waals surface area contributed by atoms with E-state index in [4.69, 9.17) is 0 Å². The average Bonchev–Trinajstić information content (AvgIpc) is 2.46. The second-order valence-electron chi connectivity index (χ2n) is 5.95. The Kier molecular flexibility index (Phi) is 3.79. The molecule has 0 aromatic heterocycles. The van der Waals surface area contributed by atoms with Crippen LogP contribution in [0.5, 0.6) is 0 Å². The van der Waals surface area contributed by atoms with Gasteiger partial charge in [0.05, 0.1) is 0 Å². The predicted octanol–water partition coefficient (Wildman–Crippen LogP) is 5.61. The molecule has 0 nitrogen and oxygen atoms in total. The quantitative estimate of drug-likeness (QED) is 0.582. The summed E-state index contributed by atoms with van der Waals surface area (Å²) in [6.45, 7) is 6.61. The van der Waals surface area contributed by atoms with E-state index in [0.717, 1.165) is 12.8 Å². The predicted molar refractivity (Wildman–Crippen MR) is 92.0 cm³/mol. The third kappa shape index (κ3) is 2.85. The molecule has 0 heterocycles. The smallest absolute Gasteiger partial charge is 0.00167 e. The Hall–Kier alpha value is -2.08. The molecule has 106 valence electrons. The summed E-state index contributed by atoms with van der Waals surface area (Å²) in [5, 5.41) is 2.74. The fraction of sp³-hybridized carbons (Fsp3) is 0.238. The lowest BCUT2D eigenvalue weighted by atomic mass is 9.91. The van der Waals surface area contributed by atoms with Gasteiger partial charge in [-0.3, -0.25) is 0 Å². The number of benzene rings is 3. The highest BCUT2D eigenvalue weighted by atomic mass is 14.1. The van der Waals surface area contributed by atoms with Crippen molar-refractivity contribution in [2.24, 2.45) is 0 Å². The van der Waals surface area contributed by atoms with Crippen molar-refractivity contribution < 1.29 is 0 Å². The molecule has 0 bridgehead atoms. The van der Waals surface area contributed by atoms with Gasteiger partial charge in [-0.15, -0.1) is 0 Å². The minimum Gasteiger partial charge on any atom is -0.0616 e. The molecule has 0 atom stereocenters. The van der Waals surface area contributed by atoms with Crippen molar-refractivity contribution in [3.8, 4) is 0 Å². The summed E-state index contributed by atoms with van der Waals surface area (Å²) < 4.78 is 0. The maximum Gasteiger partial charge on any atom is -0.00167 e. The van der Waals surface area contributed by atoms with Gasteiger partial charge in [-0.05, 0) is 54.2 Å². The standard InChI is InChI=1S/C21H22/c1-4-18-9-10-19-7-5-6-8-20(19)21(18)14-17-12-15(2)11-16(3)13-17/h5-13H,4,14H2,1-3H3. The van der Waals surface area contributed by atoms with Crippen LogP contribution in [0.3, 0.4) is 0 Å². The number of hydrogen-bond acceptors (Lipinski definition) is 0. The SMILES string of the molecule is CCc1ccc2ccccc2c1Cc1cc(C)cc(C)c1. The Morgan fingerprint density at radius 1 is 0.810 bits per heavy atom. The normalized spacial score (nSPS) is 11.0. The third-order valence-electron chi connectivity index (χ3n) is 4.18. The lowest BCUT2D eigenvalue weighted by Gasteiger charge is -2.13. The van der Waals surface area contributed by atoms with Crippen LogP contribution in [0.4, 0.5) is 0 Å². The maximum atomic E-state index is 2.31. The highest BCUT2D eigenvalue weighted by molar-refractivity contribution is 5.87. The molecule has 0 saturated heterocycles. The van der Waals surface area contributed by atoms with E-state index in [1.165, 1.54) is 38.6 Å². The molecule has 0 heteroatoms. The number of rotatable bonds is 3. The number of fused-ring (bicyclic) bond motifs is 1. The Morgan fingerprint density at radius 2 is 1.52 bits per heavy atom. The van der Waals surface area contributed by atoms with Crippen molar-refractivity contribution in [3.63, 3.8) is 0 Å². The van der Waals surface area contributed by atoms with Crippen molar-refractivity contribution in [1.82, 2.24) is 0 Å². The molecule has 3 rings (SSSR count). The first-order valence-corrected chi connectivity index (χ1v) is 7.74. The van der Waals surface area contributed by atoms with Crippen LogP contribution in [0, 0.1) is 13.8 Å². The molecule has 3 aromatic rings. The van der Waals surface area contributed by atoms with Gasteiger partial charge in [-0.2, -0.15) is 0 Å². The Balaban J connectivity index is 2.14. The average molecular weight is 274 g/mol. The summed E-state index contributed by atoms with van der Waals surface area (Å²) in [5.41, 5.74) is 7.07. The first-order valence-electron chi connectivity index (χ1n) is 7.74. The first kappa shape index (κ1) is 13.9. The number of aryl methyl sites for hydroxylation is 3. The summed E-state index contributed by atoms with van der Waals surface area (Å²) in [6.07, 6.45) is 2.11. The molecule has 0 aliphatic heterocycles. The Labute approximate surface area is 127 Å². The second-order valence-corrected chi connectivity index (χ2v) is 5.95. The molecule has 0 saturated carbocycles. The topological polar surface area (TPSA) is 0 Å². The van der Waals surface area contributed by atoms with E-state index in [1.54, 1.807) is 0 Å². The summed E-state index contributed by atoms with van der Waals surface area (Å²) in [5.74, 6) is 0. The second kappa shape index (κ2) is 5.73. The van der Waals surface area contributed by atoms with Crippen molar-refractivity contribution in [2.45, 2.75) is 33.6 Å². The molecule has 0 radical (unpaired) electrons. The fourth-order valence-corrected chi connectivity index (χ4v) is 3.30. The van der Waals surface area contributed by atoms with Gasteiger partial charge in [0, 0.05) is 0 Å². The molecule has 0 aliphatic rings. The molecule has 0 aliphatic carbocycles. The highest BCUT2D eigenvalue weighted by Crippen LogP contribution is 2.26. The van der Waals surface area contributed by atoms with Crippen molar-refractivity contribution in [1.29, 1.82) is 0 Å². The van der Waals surface area contributed by atoms with E-state index >= 15 is 0 Å². The zero-order chi connectivity index (χ0) is 14.8. The highest BCUT2D eigenvalue weighted by Gasteiger charge is 2.08. The lowest BCUT2D eigenvalue weighted by molar-refractivity contribution is 1.07. The van der Waals surface area contributed by atoms with Gasteiger partial charge in [0.15, 0.2) is 0 Å². The molecule has 0 amide bonds. The molecule has 0 unspecified atom stereocenters. The van der Waals surface area contributed by atoms with Crippen LogP contribution in [-0.4, -0.2) is 0 Å². The van der Waals surface area contributed by atoms with Gasteiger partial charge >= 0.3 is 0 Å². The van der Waals surface area contributed by atoms with E-state index in [0.29, 0.717) is 0 Å². The summed E-state index contributed by atoms with van der Waals surface area (Å²) >= 11 is 0. The molecule has 0 N–H and O–H groups in total. The minimum absolute atomic E-state index is 1.02. The zero-order valence-electron chi connectivity index (χ0n) is 13.1. The van der Waals surface area contributed by atoms with Gasteiger partial charge in [-0.25, -0.2) is 0 Å². The van der Waals surface area contributed by atoms with Gasteiger partial charge in [-0.1, -0.05) is 72.6 Å². The van der Waals surface area contributed by atoms with Gasteiger partial charge < -0.3 is 0 Å². The van der Waals surface area contributed by atoms with Crippen molar-refractivity contribution in [2.75, 3.05) is 0 Å². The van der Waals surface area contributed by atoms with Crippen LogP contribution in [0.15, 0.2) is 54.6 Å². The van der Waals surface area contributed by atoms with Crippen LogP contribution in [0.1, 0.15) is 34.7 Å². The summed E-state index contributed by atoms with van der Waals surface area (Å²) in [4.78, 5) is 0. The molecule has 0 fully saturated rings. The van der Waals surface area contributed by atoms with Crippen molar-refractivity contribution >= 4 is 10.8 Å². The molecule has 0 spiro atoms. The van der Waals surface area contributed by atoms with E-state index < -0.39 is 0 Å². The third-order valence-corrected chi connectivity index (χ3v) is 4.18. The van der Waals surface area contributed by atoms with Crippen LogP contribution in [0.25, 0.3) is 10.8 Å². The molecular weight excluding hydrogens is 252 g/mol. The van der Waals surface area contributed by atoms with E-state index in [9.17, 15) is 0 Å². The molecular formula is C21H22. The van der Waals surface area contributed by atoms with Crippen LogP contribution in [-0.2, 0) is 12.8 Å². The fourth-order valence-electron chi connectivity index (χ4n) is 3.30. The van der Waals surface area contributed by atoms with Gasteiger partial charge in [0.1, 0.15) is 0 Å². The number of hydrogen-bond donors (Lipinski definition) is 0. The van der Waals surface area contributed by atoms with Gasteiger partial charge in [0.2, 0.25) is 0 Å². The minimum atomic E-state index is 1.02. The Morgan fingerprint density at radius 3 is 2.24 bits per heavy atom. The van der Waals surface area contributed by atoms with E-state index in [1.807, 2.05) is 0 Å². The van der Waals surface area contributed by atoms with E-state index in [-0.39, 0.29) is 0 Å². The monoisotopic (exact) mass is 274 g/mol. The zero-order valence-corrected chi connectivity index (χ0v) is 13.1. The summed E-state index contributed by atoms with van der Waals surface area (Å²) in [6, 6.07) is 20.1. The maximum absolute atomic E-state index is 2.31. The first-order chi connectivity index (χ1) is 10.2. The van der Waals surface area contributed by atoms with Crippen LogP contribution in [0.2, 0.25) is 0 Å². The summed E-state index contributed by atoms with van der Waals surface area (Å²) in [7, 11) is 0. The van der Waals surface area contributed by atoms with Crippen LogP contribution >= 0.6 is 0 Å². The Bertz CT molecular complexity index is 761. The largest absolute Gasteiger partial charge is 0.0616 e. The lowest BCUT2D eigenvalue weighted by Crippen LogP contribution is -1.97.